The molecule has 0 atom stereocenters. The van der Waals surface area contributed by atoms with Crippen molar-refractivity contribution in [3.05, 3.63) is 100 Å². The molecule has 0 aliphatic heterocycles. The Hall–Kier alpha value is -4.59. The van der Waals surface area contributed by atoms with Gasteiger partial charge in [0.15, 0.2) is 18.2 Å². The highest BCUT2D eigenvalue weighted by molar-refractivity contribution is 6.30. The normalized spacial score (nSPS) is 12.2. The van der Waals surface area contributed by atoms with Crippen molar-refractivity contribution in [2.45, 2.75) is 6.61 Å². The lowest BCUT2D eigenvalue weighted by molar-refractivity contribution is 0.0427. The molecule has 0 bridgehead atoms. The molecule has 0 spiro atoms. The van der Waals surface area contributed by atoms with Gasteiger partial charge in [-0.15, -0.1) is 0 Å². The number of ether oxygens (including phenoxy) is 2. The molecular weight excluding hydrogens is 424 g/mol. The van der Waals surface area contributed by atoms with Crippen LogP contribution >= 0.6 is 0 Å². The molecule has 8 heteroatoms. The molecule has 0 fully saturated rings. The first-order valence-electron chi connectivity index (χ1n) is 10.0. The van der Waals surface area contributed by atoms with Gasteiger partial charge < -0.3 is 14.0 Å². The minimum absolute atomic E-state index is 0.00949. The van der Waals surface area contributed by atoms with E-state index >= 15 is 0 Å². The van der Waals surface area contributed by atoms with Crippen molar-refractivity contribution in [1.29, 1.82) is 0 Å². The first-order chi connectivity index (χ1) is 16.1. The minimum Gasteiger partial charge on any atom is -0.497 e. The molecule has 1 aromatic heterocycles. The van der Waals surface area contributed by atoms with Gasteiger partial charge in [-0.3, -0.25) is 9.59 Å². The summed E-state index contributed by atoms with van der Waals surface area (Å²) in [6, 6.07) is 18.1. The molecule has 1 aliphatic rings. The molecule has 0 saturated carbocycles. The fraction of sp³-hybridized carbons (Fsp3) is 0.0800. The Morgan fingerprint density at radius 2 is 1.58 bits per heavy atom. The van der Waals surface area contributed by atoms with Crippen molar-refractivity contribution in [1.82, 2.24) is 10.1 Å². The van der Waals surface area contributed by atoms with Gasteiger partial charge in [0.2, 0.25) is 5.82 Å². The van der Waals surface area contributed by atoms with Crippen LogP contribution in [0.5, 0.6) is 5.75 Å². The number of ketones is 2. The van der Waals surface area contributed by atoms with Gasteiger partial charge in [-0.05, 0) is 30.3 Å². The Bertz CT molecular complexity index is 1400. The number of hydrogen-bond donors (Lipinski definition) is 0. The van der Waals surface area contributed by atoms with Gasteiger partial charge in [0.25, 0.3) is 5.89 Å². The smallest absolute Gasteiger partial charge is 0.339 e. The largest absolute Gasteiger partial charge is 0.497 e. The summed E-state index contributed by atoms with van der Waals surface area (Å²) in [5, 5.41) is 3.89. The summed E-state index contributed by atoms with van der Waals surface area (Å²) in [4.78, 5) is 42.9. The van der Waals surface area contributed by atoms with Crippen LogP contribution in [0.4, 0.5) is 0 Å². The topological polar surface area (TPSA) is 109 Å². The number of methoxy groups -OCH3 is 1. The summed E-state index contributed by atoms with van der Waals surface area (Å²) in [5.41, 5.74) is 1.50. The van der Waals surface area contributed by atoms with E-state index in [1.54, 1.807) is 61.7 Å². The molecule has 0 unspecified atom stereocenters. The summed E-state index contributed by atoms with van der Waals surface area (Å²) >= 11 is 0. The summed E-state index contributed by atoms with van der Waals surface area (Å²) in [6.45, 7) is -0.287. The number of esters is 1. The van der Waals surface area contributed by atoms with E-state index < -0.39 is 11.8 Å². The number of rotatable bonds is 5. The maximum absolute atomic E-state index is 13.0. The molecule has 162 valence electrons. The highest BCUT2D eigenvalue weighted by atomic mass is 16.6. The van der Waals surface area contributed by atoms with Crippen LogP contribution < -0.4 is 4.74 Å². The van der Waals surface area contributed by atoms with E-state index in [4.69, 9.17) is 14.0 Å². The molecule has 4 aromatic rings. The second-order valence-corrected chi connectivity index (χ2v) is 7.25. The number of carbonyl (C=O) groups is 3. The maximum Gasteiger partial charge on any atom is 0.339 e. The quantitative estimate of drug-likeness (QED) is 0.379. The summed E-state index contributed by atoms with van der Waals surface area (Å²) < 4.78 is 15.6. The first-order valence-corrected chi connectivity index (χ1v) is 10.0. The van der Waals surface area contributed by atoms with Crippen LogP contribution in [-0.4, -0.2) is 34.8 Å². The molecule has 8 nitrogen and oxygen atoms in total. The highest BCUT2D eigenvalue weighted by Crippen LogP contribution is 2.30. The number of carbonyl (C=O) groups excluding carboxylic acids is 3. The van der Waals surface area contributed by atoms with E-state index in [1.165, 1.54) is 12.1 Å². The lowest BCUT2D eigenvalue weighted by atomic mass is 9.82. The number of hydrogen-bond acceptors (Lipinski definition) is 8. The van der Waals surface area contributed by atoms with Gasteiger partial charge in [-0.25, -0.2) is 4.79 Å². The van der Waals surface area contributed by atoms with Crippen molar-refractivity contribution in [3.63, 3.8) is 0 Å². The van der Waals surface area contributed by atoms with Gasteiger partial charge in [-0.1, -0.05) is 41.6 Å². The zero-order chi connectivity index (χ0) is 22.9. The van der Waals surface area contributed by atoms with E-state index in [1.807, 2.05) is 0 Å². The molecule has 0 saturated heterocycles. The molecule has 33 heavy (non-hydrogen) atoms. The average molecular weight is 440 g/mol. The van der Waals surface area contributed by atoms with Crippen molar-refractivity contribution in [3.8, 4) is 17.1 Å². The fourth-order valence-electron chi connectivity index (χ4n) is 3.69. The van der Waals surface area contributed by atoms with Crippen LogP contribution in [0.15, 0.2) is 71.3 Å². The third kappa shape index (κ3) is 3.57. The Balaban J connectivity index is 1.36. The number of fused-ring (bicyclic) bond motifs is 2. The molecule has 0 amide bonds. The predicted molar refractivity (Wildman–Crippen MR) is 115 cm³/mol. The zero-order valence-electron chi connectivity index (χ0n) is 17.4. The molecule has 0 radical (unpaired) electrons. The van der Waals surface area contributed by atoms with E-state index in [-0.39, 0.29) is 40.5 Å². The standard InChI is InChI=1S/C25H16N2O6/c1-31-15-11-9-14(10-12-15)24-26-20(33-27-24)13-32-25(30)19-8-4-7-18-21(19)23(29)17-6-3-2-5-16(17)22(18)28/h2-12H,13H2,1H3. The summed E-state index contributed by atoms with van der Waals surface area (Å²) in [5.74, 6) is -0.358. The third-order valence-corrected chi connectivity index (χ3v) is 5.32. The van der Waals surface area contributed by atoms with Crippen molar-refractivity contribution in [2.75, 3.05) is 7.11 Å². The molecular formula is C25H16N2O6. The summed E-state index contributed by atoms with van der Waals surface area (Å²) in [6.07, 6.45) is 0. The second-order valence-electron chi connectivity index (χ2n) is 7.25. The van der Waals surface area contributed by atoms with Crippen molar-refractivity contribution < 1.29 is 28.4 Å². The predicted octanol–water partition coefficient (Wildman–Crippen LogP) is 3.88. The van der Waals surface area contributed by atoms with Crippen LogP contribution in [0.1, 0.15) is 48.1 Å². The van der Waals surface area contributed by atoms with E-state index in [0.29, 0.717) is 22.7 Å². The van der Waals surface area contributed by atoms with Crippen molar-refractivity contribution in [2.24, 2.45) is 0 Å². The zero-order valence-corrected chi connectivity index (χ0v) is 17.4. The Kier molecular flexibility index (Phi) is 5.02. The molecule has 1 aliphatic carbocycles. The lowest BCUT2D eigenvalue weighted by Gasteiger charge is -2.19. The Morgan fingerprint density at radius 1 is 0.879 bits per heavy atom. The van der Waals surface area contributed by atoms with Crippen LogP contribution in [0.25, 0.3) is 11.4 Å². The van der Waals surface area contributed by atoms with Gasteiger partial charge in [0.05, 0.1) is 12.7 Å². The number of aromatic nitrogens is 2. The van der Waals surface area contributed by atoms with Gasteiger partial charge in [0.1, 0.15) is 5.75 Å². The van der Waals surface area contributed by atoms with Crippen molar-refractivity contribution >= 4 is 17.5 Å². The van der Waals surface area contributed by atoms with Gasteiger partial charge >= 0.3 is 5.97 Å². The number of benzene rings is 3. The molecule has 5 rings (SSSR count). The van der Waals surface area contributed by atoms with Crippen LogP contribution in [0.3, 0.4) is 0 Å². The minimum atomic E-state index is -0.767. The summed E-state index contributed by atoms with van der Waals surface area (Å²) in [7, 11) is 1.57. The Morgan fingerprint density at radius 3 is 2.30 bits per heavy atom. The maximum atomic E-state index is 13.0. The molecule has 3 aromatic carbocycles. The van der Waals surface area contributed by atoms with Gasteiger partial charge in [0, 0.05) is 27.8 Å². The lowest BCUT2D eigenvalue weighted by Crippen LogP contribution is -2.24. The molecule has 0 N–H and O–H groups in total. The SMILES string of the molecule is COc1ccc(-c2noc(COC(=O)c3cccc4c3C(=O)c3ccccc3C4=O)n2)cc1. The fourth-order valence-corrected chi connectivity index (χ4v) is 3.69. The first kappa shape index (κ1) is 20.3. The third-order valence-electron chi connectivity index (χ3n) is 5.32. The van der Waals surface area contributed by atoms with E-state index in [2.05, 4.69) is 10.1 Å². The second kappa shape index (κ2) is 8.16. The monoisotopic (exact) mass is 440 g/mol. The van der Waals surface area contributed by atoms with Crippen LogP contribution in [-0.2, 0) is 11.3 Å². The highest BCUT2D eigenvalue weighted by Gasteiger charge is 2.33. The number of nitrogens with zero attached hydrogens (tertiary/aromatic N) is 2. The van der Waals surface area contributed by atoms with E-state index in [0.717, 1.165) is 0 Å². The van der Waals surface area contributed by atoms with Crippen LogP contribution in [0, 0.1) is 0 Å². The van der Waals surface area contributed by atoms with E-state index in [9.17, 15) is 14.4 Å². The van der Waals surface area contributed by atoms with Crippen LogP contribution in [0.2, 0.25) is 0 Å². The molecule has 1 heterocycles. The Labute approximate surface area is 187 Å². The average Bonchev–Trinajstić information content (AvgIpc) is 3.34. The van der Waals surface area contributed by atoms with Gasteiger partial charge in [-0.2, -0.15) is 4.98 Å².